The van der Waals surface area contributed by atoms with Crippen molar-refractivity contribution in [2.24, 2.45) is 0 Å². The van der Waals surface area contributed by atoms with E-state index in [-0.39, 0.29) is 75.5 Å². The smallest absolute Gasteiger partial charge is 0.0108 e. The van der Waals surface area contributed by atoms with Crippen LogP contribution in [-0.4, -0.2) is 6.38 Å². The van der Waals surface area contributed by atoms with Crippen molar-refractivity contribution in [1.29, 1.82) is 0 Å². The van der Waals surface area contributed by atoms with E-state index < -0.39 is 0 Å². The van der Waals surface area contributed by atoms with Crippen LogP contribution in [0.15, 0.2) is 0 Å². The molecule has 0 unspecified atom stereocenters. The molecule has 0 radical (unpaired) electrons. The minimum Gasteiger partial charge on any atom is -0.130 e. The van der Waals surface area contributed by atoms with E-state index in [4.69, 9.17) is 0 Å². The Hall–Kier alpha value is 2.81. The number of hydrogen-bond donors (Lipinski definition) is 0. The summed E-state index contributed by atoms with van der Waals surface area (Å²) >= 11 is 4.64. The Morgan fingerprint density at radius 1 is 0.500 bits per heavy atom. The summed E-state index contributed by atoms with van der Waals surface area (Å²) in [4.78, 5) is 0. The molecule has 0 amide bonds. The van der Waals surface area contributed by atoms with Crippen molar-refractivity contribution in [2.45, 2.75) is 41.5 Å². The van der Waals surface area contributed by atoms with Gasteiger partial charge in [0.1, 0.15) is 0 Å². The second kappa shape index (κ2) is 175. The molecule has 72 valence electrons. The number of rotatable bonds is 0. The van der Waals surface area contributed by atoms with Gasteiger partial charge in [0.25, 0.3) is 0 Å². The Kier molecular flexibility index (Phi) is 674. The predicted molar refractivity (Wildman–Crippen MR) is 45.8 cm³/mol. The van der Waals surface area contributed by atoms with Crippen LogP contribution in [0.1, 0.15) is 41.5 Å². The molecule has 0 aliphatic rings. The normalized spacial score (nSPS) is 2.40. The molecule has 0 saturated heterocycles. The van der Waals surface area contributed by atoms with Crippen molar-refractivity contribution < 1.29 is 75.5 Å². The fourth-order valence-electron chi connectivity index (χ4n) is 0. The molecule has 0 aromatic heterocycles. The summed E-state index contributed by atoms with van der Waals surface area (Å²) in [6, 6.07) is 0. The van der Waals surface area contributed by atoms with Crippen molar-refractivity contribution in [2.75, 3.05) is 6.38 Å². The van der Waals surface area contributed by atoms with E-state index in [1.165, 1.54) is 6.38 Å². The van der Waals surface area contributed by atoms with Gasteiger partial charge in [0.05, 0.1) is 0 Å². The van der Waals surface area contributed by atoms with Gasteiger partial charge in [0, 0.05) is 81.9 Å². The van der Waals surface area contributed by atoms with E-state index in [0.29, 0.717) is 0 Å². The van der Waals surface area contributed by atoms with Crippen molar-refractivity contribution >= 4 is 11.6 Å². The van der Waals surface area contributed by atoms with E-state index in [1.807, 2.05) is 41.5 Å². The summed E-state index contributed by atoms with van der Waals surface area (Å²) in [5.41, 5.74) is 0. The third-order valence-electron chi connectivity index (χ3n) is 0. The van der Waals surface area contributed by atoms with E-state index in [9.17, 15) is 0 Å². The standard InChI is InChI=1S/3C2H6.CH3Cl.2Ar/c4*1-2;;/h3*1-2H3;1H3;;. The van der Waals surface area contributed by atoms with Gasteiger partial charge in [-0.3, -0.25) is 0 Å². The topological polar surface area (TPSA) is 0 Å². The molecule has 0 aliphatic carbocycles. The fourth-order valence-corrected chi connectivity index (χ4v) is 0. The summed E-state index contributed by atoms with van der Waals surface area (Å²) in [7, 11) is 0. The molecule has 0 fully saturated rings. The minimum absolute atomic E-state index is 0. The zero-order valence-electron chi connectivity index (χ0n) is 8.09. The van der Waals surface area contributed by atoms with E-state index in [1.54, 1.807) is 0 Å². The maximum atomic E-state index is 4.64. The van der Waals surface area contributed by atoms with Crippen LogP contribution < -0.4 is 0 Å². The first kappa shape index (κ1) is 38.5. The summed E-state index contributed by atoms with van der Waals surface area (Å²) in [5, 5.41) is 0. The van der Waals surface area contributed by atoms with Gasteiger partial charge in [-0.05, 0) is 0 Å². The zero-order valence-corrected chi connectivity index (χ0v) is 10.3. The zero-order chi connectivity index (χ0) is 8.00. The van der Waals surface area contributed by atoms with Crippen LogP contribution in [0.4, 0.5) is 0 Å². The number of alkyl halides is 1. The molecule has 0 spiro atoms. The molecule has 0 heterocycles. The first-order valence-electron chi connectivity index (χ1n) is 3.38. The summed E-state index contributed by atoms with van der Waals surface area (Å²) in [6.45, 7) is 12.0. The third kappa shape index (κ3) is 132. The molecule has 0 saturated carbocycles. The van der Waals surface area contributed by atoms with Crippen LogP contribution >= 0.6 is 11.6 Å². The second-order valence-electron chi connectivity index (χ2n) is 0. The van der Waals surface area contributed by atoms with Gasteiger partial charge in [-0.25, -0.2) is 0 Å². The summed E-state index contributed by atoms with van der Waals surface area (Å²) in [5.74, 6) is 0. The monoisotopic (exact) mass is 220 g/mol. The van der Waals surface area contributed by atoms with Crippen LogP contribution in [0.5, 0.6) is 0 Å². The van der Waals surface area contributed by atoms with Gasteiger partial charge >= 0.3 is 0 Å². The molecule has 0 aliphatic heterocycles. The molecular weight excluding hydrogens is 199 g/mol. The van der Waals surface area contributed by atoms with Crippen molar-refractivity contribution in [1.82, 2.24) is 0 Å². The SMILES string of the molecule is CC.CC.CC.CCl.[Ar].[Ar]. The largest absolute Gasteiger partial charge is 0.130 e. The number of halogens is 1. The van der Waals surface area contributed by atoms with Gasteiger partial charge in [-0.15, -0.1) is 11.6 Å². The fraction of sp³-hybridized carbons (Fsp3) is 1.00. The average molecular weight is 221 g/mol. The van der Waals surface area contributed by atoms with E-state index >= 15 is 0 Å². The van der Waals surface area contributed by atoms with E-state index in [0.717, 1.165) is 0 Å². The number of hydrogen-bond acceptors (Lipinski definition) is 0. The minimum atomic E-state index is 0. The van der Waals surface area contributed by atoms with Crippen molar-refractivity contribution in [3.63, 3.8) is 0 Å². The molecule has 0 nitrogen and oxygen atoms in total. The third-order valence-corrected chi connectivity index (χ3v) is 0. The first-order valence-corrected chi connectivity index (χ1v) is 4.13. The van der Waals surface area contributed by atoms with Gasteiger partial charge in [0.2, 0.25) is 0 Å². The van der Waals surface area contributed by atoms with Crippen molar-refractivity contribution in [3.8, 4) is 0 Å². The van der Waals surface area contributed by atoms with Crippen LogP contribution in [0.2, 0.25) is 0 Å². The average Bonchev–Trinajstić information content (AvgIpc) is 2.03. The summed E-state index contributed by atoms with van der Waals surface area (Å²) < 4.78 is 0. The molecule has 10 heavy (non-hydrogen) atoms. The van der Waals surface area contributed by atoms with Crippen LogP contribution in [0.3, 0.4) is 0 Å². The second-order valence-corrected chi connectivity index (χ2v) is 0. The molecule has 0 N–H and O–H groups in total. The molecule has 3 heteroatoms. The Balaban J connectivity index is -0.00000000500. The molecular formula is C7H21Ar2Cl. The predicted octanol–water partition coefficient (Wildman–Crippen LogP) is 3.93. The maximum absolute atomic E-state index is 4.64. The molecule has 0 aromatic carbocycles. The molecule has 0 aromatic rings. The first-order chi connectivity index (χ1) is 4.00. The van der Waals surface area contributed by atoms with E-state index in [2.05, 4.69) is 11.6 Å². The molecule has 0 atom stereocenters. The quantitative estimate of drug-likeness (QED) is 0.543. The maximum Gasteiger partial charge on any atom is 0.0108 e. The van der Waals surface area contributed by atoms with Crippen LogP contribution in [0, 0.1) is 75.5 Å². The van der Waals surface area contributed by atoms with Gasteiger partial charge in [-0.1, -0.05) is 41.5 Å². The van der Waals surface area contributed by atoms with Crippen LogP contribution in [0.25, 0.3) is 0 Å². The van der Waals surface area contributed by atoms with Gasteiger partial charge < -0.3 is 0 Å². The molecule has 0 bridgehead atoms. The summed E-state index contributed by atoms with van der Waals surface area (Å²) in [6.07, 6.45) is 1.47. The van der Waals surface area contributed by atoms with Crippen LogP contribution in [-0.2, 0) is 0 Å². The van der Waals surface area contributed by atoms with Gasteiger partial charge in [-0.2, -0.15) is 0 Å². The Labute approximate surface area is 132 Å². The molecule has 0 rings (SSSR count). The van der Waals surface area contributed by atoms with Crippen molar-refractivity contribution in [3.05, 3.63) is 0 Å². The van der Waals surface area contributed by atoms with Gasteiger partial charge in [0.15, 0.2) is 0 Å². The Morgan fingerprint density at radius 2 is 0.500 bits per heavy atom. The Morgan fingerprint density at radius 3 is 0.500 bits per heavy atom. The Bertz CT molecular complexity index is 11.6.